The van der Waals surface area contributed by atoms with Crippen LogP contribution in [0.5, 0.6) is 0 Å². The molecule has 1 aliphatic rings. The van der Waals surface area contributed by atoms with E-state index in [1.165, 1.54) is 12.1 Å². The van der Waals surface area contributed by atoms with Crippen molar-refractivity contribution >= 4 is 22.7 Å². The molecule has 122 valence electrons. The minimum Gasteiger partial charge on any atom is -0.318 e. The first-order valence-corrected chi connectivity index (χ1v) is 9.13. The number of aromatic nitrogens is 3. The largest absolute Gasteiger partial charge is 0.318 e. The molecule has 0 aliphatic carbocycles. The van der Waals surface area contributed by atoms with Crippen LogP contribution >= 0.6 is 11.8 Å². The van der Waals surface area contributed by atoms with Crippen molar-refractivity contribution in [3.63, 3.8) is 0 Å². The third kappa shape index (κ3) is 2.35. The van der Waals surface area contributed by atoms with Gasteiger partial charge in [-0.25, -0.2) is 9.37 Å². The SMILES string of the molecule is Fc1ccc(-c2nc3n(c2-c2ccnc4ccccc24)CCS3)cc1. The summed E-state index contributed by atoms with van der Waals surface area (Å²) in [6, 6.07) is 16.7. The highest BCUT2D eigenvalue weighted by Gasteiger charge is 2.24. The summed E-state index contributed by atoms with van der Waals surface area (Å²) in [6.45, 7) is 0.931. The summed E-state index contributed by atoms with van der Waals surface area (Å²) in [4.78, 5) is 9.33. The van der Waals surface area contributed by atoms with E-state index in [2.05, 4.69) is 15.6 Å². The van der Waals surface area contributed by atoms with Crippen LogP contribution in [-0.4, -0.2) is 20.3 Å². The van der Waals surface area contributed by atoms with Crippen molar-refractivity contribution in [2.45, 2.75) is 11.7 Å². The van der Waals surface area contributed by atoms with E-state index < -0.39 is 0 Å². The zero-order valence-corrected chi connectivity index (χ0v) is 14.1. The van der Waals surface area contributed by atoms with Gasteiger partial charge in [0.15, 0.2) is 5.16 Å². The van der Waals surface area contributed by atoms with Crippen molar-refractivity contribution < 1.29 is 4.39 Å². The van der Waals surface area contributed by atoms with Crippen molar-refractivity contribution in [3.05, 3.63) is 66.6 Å². The summed E-state index contributed by atoms with van der Waals surface area (Å²) >= 11 is 1.76. The van der Waals surface area contributed by atoms with Crippen molar-refractivity contribution in [2.24, 2.45) is 0 Å². The van der Waals surface area contributed by atoms with Crippen LogP contribution in [0.25, 0.3) is 33.4 Å². The third-order valence-electron chi connectivity index (χ3n) is 4.50. The number of nitrogens with zero attached hydrogens (tertiary/aromatic N) is 3. The third-order valence-corrected chi connectivity index (χ3v) is 5.46. The number of pyridine rings is 1. The molecule has 0 unspecified atom stereocenters. The van der Waals surface area contributed by atoms with Crippen molar-refractivity contribution in [2.75, 3.05) is 5.75 Å². The molecule has 0 bridgehead atoms. The number of hydrogen-bond acceptors (Lipinski definition) is 3. The van der Waals surface area contributed by atoms with Crippen LogP contribution in [0.15, 0.2) is 66.0 Å². The van der Waals surface area contributed by atoms with Gasteiger partial charge in [0.05, 0.1) is 16.9 Å². The van der Waals surface area contributed by atoms with Crippen LogP contribution in [0, 0.1) is 5.82 Å². The average Bonchev–Trinajstić information content (AvgIpc) is 3.23. The lowest BCUT2D eigenvalue weighted by molar-refractivity contribution is 0.628. The molecule has 0 radical (unpaired) electrons. The number of fused-ring (bicyclic) bond motifs is 2. The highest BCUT2D eigenvalue weighted by Crippen LogP contribution is 2.40. The lowest BCUT2D eigenvalue weighted by atomic mass is 10.0. The molecule has 0 atom stereocenters. The van der Waals surface area contributed by atoms with Crippen LogP contribution in [0.3, 0.4) is 0 Å². The first-order valence-electron chi connectivity index (χ1n) is 8.14. The van der Waals surface area contributed by atoms with Gasteiger partial charge in [-0.2, -0.15) is 0 Å². The van der Waals surface area contributed by atoms with Crippen molar-refractivity contribution in [1.29, 1.82) is 0 Å². The van der Waals surface area contributed by atoms with Gasteiger partial charge in [-0.05, 0) is 36.4 Å². The molecule has 4 aromatic rings. The lowest BCUT2D eigenvalue weighted by Gasteiger charge is -2.11. The highest BCUT2D eigenvalue weighted by molar-refractivity contribution is 7.99. The maximum absolute atomic E-state index is 13.4. The molecule has 5 rings (SSSR count). The van der Waals surface area contributed by atoms with E-state index >= 15 is 0 Å². The number of rotatable bonds is 2. The topological polar surface area (TPSA) is 30.7 Å². The lowest BCUT2D eigenvalue weighted by Crippen LogP contribution is -1.98. The fourth-order valence-corrected chi connectivity index (χ4v) is 4.31. The summed E-state index contributed by atoms with van der Waals surface area (Å²) in [6.07, 6.45) is 1.84. The van der Waals surface area contributed by atoms with Crippen LogP contribution < -0.4 is 0 Å². The van der Waals surface area contributed by atoms with Gasteiger partial charge in [-0.1, -0.05) is 30.0 Å². The van der Waals surface area contributed by atoms with E-state index in [9.17, 15) is 4.39 Å². The van der Waals surface area contributed by atoms with E-state index in [1.807, 2.05) is 30.5 Å². The minimum atomic E-state index is -0.235. The van der Waals surface area contributed by atoms with E-state index in [0.717, 1.165) is 50.9 Å². The van der Waals surface area contributed by atoms with E-state index in [-0.39, 0.29) is 5.82 Å². The first-order chi connectivity index (χ1) is 12.3. The Morgan fingerprint density at radius 1 is 1.00 bits per heavy atom. The molecule has 0 saturated carbocycles. The molecule has 0 spiro atoms. The molecular weight excluding hydrogens is 333 g/mol. The Morgan fingerprint density at radius 3 is 2.72 bits per heavy atom. The molecular formula is C20H14FN3S. The molecule has 0 fully saturated rings. The van der Waals surface area contributed by atoms with Gasteiger partial charge >= 0.3 is 0 Å². The maximum Gasteiger partial charge on any atom is 0.169 e. The van der Waals surface area contributed by atoms with E-state index in [0.29, 0.717) is 0 Å². The van der Waals surface area contributed by atoms with Gasteiger partial charge in [0, 0.05) is 35.0 Å². The Hall–Kier alpha value is -2.66. The quantitative estimate of drug-likeness (QED) is 0.511. The highest BCUT2D eigenvalue weighted by atomic mass is 32.2. The van der Waals surface area contributed by atoms with Crippen LogP contribution in [0.4, 0.5) is 4.39 Å². The Balaban J connectivity index is 1.82. The molecule has 2 aromatic carbocycles. The van der Waals surface area contributed by atoms with E-state index in [4.69, 9.17) is 4.98 Å². The average molecular weight is 347 g/mol. The molecule has 3 heterocycles. The first kappa shape index (κ1) is 14.7. The summed E-state index contributed by atoms with van der Waals surface area (Å²) in [5.74, 6) is 0.794. The number of hydrogen-bond donors (Lipinski definition) is 0. The second kappa shape index (κ2) is 5.70. The monoisotopic (exact) mass is 347 g/mol. The predicted molar refractivity (Wildman–Crippen MR) is 99.1 cm³/mol. The number of halogens is 1. The Morgan fingerprint density at radius 2 is 1.84 bits per heavy atom. The maximum atomic E-state index is 13.4. The zero-order chi connectivity index (χ0) is 16.8. The summed E-state index contributed by atoms with van der Waals surface area (Å²) in [5, 5.41) is 2.13. The Kier molecular flexibility index (Phi) is 3.35. The molecule has 0 amide bonds. The normalized spacial score (nSPS) is 13.3. The van der Waals surface area contributed by atoms with Crippen LogP contribution in [-0.2, 0) is 6.54 Å². The van der Waals surface area contributed by atoms with Crippen LogP contribution in [0.2, 0.25) is 0 Å². The van der Waals surface area contributed by atoms with Gasteiger partial charge < -0.3 is 4.57 Å². The molecule has 0 saturated heterocycles. The smallest absolute Gasteiger partial charge is 0.169 e. The van der Waals surface area contributed by atoms with E-state index in [1.54, 1.807) is 23.9 Å². The summed E-state index contributed by atoms with van der Waals surface area (Å²) in [7, 11) is 0. The predicted octanol–water partition coefficient (Wildman–Crippen LogP) is 5.01. The molecule has 2 aromatic heterocycles. The summed E-state index contributed by atoms with van der Waals surface area (Å²) in [5.41, 5.74) is 5.00. The molecule has 1 aliphatic heterocycles. The molecule has 0 N–H and O–H groups in total. The van der Waals surface area contributed by atoms with Crippen molar-refractivity contribution in [3.8, 4) is 22.5 Å². The number of benzene rings is 2. The van der Waals surface area contributed by atoms with Gasteiger partial charge in [-0.15, -0.1) is 0 Å². The molecule has 25 heavy (non-hydrogen) atoms. The van der Waals surface area contributed by atoms with Gasteiger partial charge in [0.2, 0.25) is 0 Å². The standard InChI is InChI=1S/C20H14FN3S/c21-14-7-5-13(6-8-14)18-19(24-11-12-25-20(24)23-18)16-9-10-22-17-4-2-1-3-15(16)17/h1-10H,11-12H2. The number of thioether (sulfide) groups is 1. The van der Waals surface area contributed by atoms with Gasteiger partial charge in [0.25, 0.3) is 0 Å². The second-order valence-corrected chi connectivity index (χ2v) is 7.04. The molecule has 3 nitrogen and oxygen atoms in total. The minimum absolute atomic E-state index is 0.235. The Bertz CT molecular complexity index is 1080. The van der Waals surface area contributed by atoms with Gasteiger partial charge in [0.1, 0.15) is 5.82 Å². The molecule has 5 heteroatoms. The van der Waals surface area contributed by atoms with Gasteiger partial charge in [-0.3, -0.25) is 4.98 Å². The number of imidazole rings is 1. The second-order valence-electron chi connectivity index (χ2n) is 5.97. The van der Waals surface area contributed by atoms with Crippen LogP contribution in [0.1, 0.15) is 0 Å². The summed E-state index contributed by atoms with van der Waals surface area (Å²) < 4.78 is 15.6. The number of para-hydroxylation sites is 1. The Labute approximate surface area is 148 Å². The fraction of sp³-hybridized carbons (Fsp3) is 0.100. The van der Waals surface area contributed by atoms with Crippen molar-refractivity contribution in [1.82, 2.24) is 14.5 Å². The zero-order valence-electron chi connectivity index (χ0n) is 13.3. The fourth-order valence-electron chi connectivity index (χ4n) is 3.36.